The molecular weight excluding hydrogens is 260 g/mol. The summed E-state index contributed by atoms with van der Waals surface area (Å²) in [5, 5.41) is 6.31. The minimum Gasteiger partial charge on any atom is -0.361 e. The van der Waals surface area contributed by atoms with Crippen LogP contribution in [0.5, 0.6) is 0 Å². The highest BCUT2D eigenvalue weighted by atomic mass is 32.2. The molecule has 1 fully saturated rings. The van der Waals surface area contributed by atoms with Crippen LogP contribution in [-0.2, 0) is 4.79 Å². The van der Waals surface area contributed by atoms with Crippen LogP contribution >= 0.6 is 11.8 Å². The van der Waals surface area contributed by atoms with Gasteiger partial charge in [-0.15, -0.1) is 0 Å². The average Bonchev–Trinajstić information content (AvgIpc) is 2.40. The van der Waals surface area contributed by atoms with Crippen molar-refractivity contribution >= 4 is 29.2 Å². The maximum Gasteiger partial charge on any atom is 0.226 e. The number of rotatable bonds is 4. The lowest BCUT2D eigenvalue weighted by atomic mass is 10.2. The second-order valence-corrected chi connectivity index (χ2v) is 5.90. The molecular formula is C13H20N4OS. The molecule has 1 aromatic heterocycles. The summed E-state index contributed by atoms with van der Waals surface area (Å²) >= 11 is 1.90. The smallest absolute Gasteiger partial charge is 0.226 e. The molecule has 0 radical (unpaired) electrons. The van der Waals surface area contributed by atoms with Crippen molar-refractivity contribution in [2.45, 2.75) is 12.5 Å². The van der Waals surface area contributed by atoms with Crippen LogP contribution in [0.1, 0.15) is 6.42 Å². The van der Waals surface area contributed by atoms with Crippen molar-refractivity contribution in [3.8, 4) is 0 Å². The summed E-state index contributed by atoms with van der Waals surface area (Å²) < 4.78 is 0. The Bertz CT molecular complexity index is 432. The van der Waals surface area contributed by atoms with E-state index in [4.69, 9.17) is 0 Å². The minimum absolute atomic E-state index is 0.0381. The van der Waals surface area contributed by atoms with Crippen LogP contribution in [-0.4, -0.2) is 49.1 Å². The fraction of sp³-hybridized carbons (Fsp3) is 0.538. The summed E-state index contributed by atoms with van der Waals surface area (Å²) in [5.41, 5.74) is 0.765. The van der Waals surface area contributed by atoms with Gasteiger partial charge in [0.1, 0.15) is 0 Å². The molecule has 104 valence electrons. The monoisotopic (exact) mass is 280 g/mol. The van der Waals surface area contributed by atoms with Crippen molar-refractivity contribution < 1.29 is 4.79 Å². The summed E-state index contributed by atoms with van der Waals surface area (Å²) in [5.74, 6) is 2.95. The molecule has 5 nitrogen and oxygen atoms in total. The first-order valence-corrected chi connectivity index (χ1v) is 7.55. The molecule has 1 aromatic rings. The molecule has 1 saturated heterocycles. The first kappa shape index (κ1) is 14.1. The van der Waals surface area contributed by atoms with Crippen molar-refractivity contribution in [2.75, 3.05) is 42.4 Å². The zero-order chi connectivity index (χ0) is 13.7. The minimum atomic E-state index is 0.0381. The number of carbonyl (C=O) groups is 1. The number of amides is 1. The van der Waals surface area contributed by atoms with Gasteiger partial charge in [-0.2, -0.15) is 11.8 Å². The van der Waals surface area contributed by atoms with Gasteiger partial charge in [-0.1, -0.05) is 0 Å². The van der Waals surface area contributed by atoms with E-state index in [2.05, 4.69) is 15.6 Å². The molecule has 0 bridgehead atoms. The van der Waals surface area contributed by atoms with Gasteiger partial charge in [-0.3, -0.25) is 4.79 Å². The van der Waals surface area contributed by atoms with Gasteiger partial charge in [0, 0.05) is 50.8 Å². The van der Waals surface area contributed by atoms with Crippen molar-refractivity contribution in [1.29, 1.82) is 0 Å². The lowest BCUT2D eigenvalue weighted by Crippen LogP contribution is -2.40. The Hall–Kier alpha value is -1.27. The highest BCUT2D eigenvalue weighted by Crippen LogP contribution is 2.21. The Morgan fingerprint density at radius 2 is 2.47 bits per heavy atom. The first-order chi connectivity index (χ1) is 9.16. The van der Waals surface area contributed by atoms with E-state index in [1.165, 1.54) is 0 Å². The third-order valence-electron chi connectivity index (χ3n) is 2.91. The lowest BCUT2D eigenvalue weighted by Gasteiger charge is -2.23. The largest absolute Gasteiger partial charge is 0.361 e. The summed E-state index contributed by atoms with van der Waals surface area (Å²) in [6, 6.07) is 3.99. The van der Waals surface area contributed by atoms with Gasteiger partial charge in [0.05, 0.1) is 5.69 Å². The van der Waals surface area contributed by atoms with Crippen LogP contribution in [0.3, 0.4) is 0 Å². The van der Waals surface area contributed by atoms with Crippen molar-refractivity contribution in [3.63, 3.8) is 0 Å². The predicted molar refractivity (Wildman–Crippen MR) is 80.9 cm³/mol. The van der Waals surface area contributed by atoms with E-state index >= 15 is 0 Å². The molecule has 1 aliphatic rings. The van der Waals surface area contributed by atoms with Crippen LogP contribution in [0.2, 0.25) is 0 Å². The second-order valence-electron chi connectivity index (χ2n) is 4.75. The van der Waals surface area contributed by atoms with Crippen LogP contribution in [0, 0.1) is 0 Å². The molecule has 0 aromatic carbocycles. The zero-order valence-electron chi connectivity index (χ0n) is 11.3. The Kier molecular flexibility index (Phi) is 5.04. The molecule has 1 unspecified atom stereocenters. The summed E-state index contributed by atoms with van der Waals surface area (Å²) in [6.07, 6.45) is 2.24. The fourth-order valence-electron chi connectivity index (χ4n) is 2.03. The number of nitrogens with one attached hydrogen (secondary N) is 2. The number of aromatic nitrogens is 1. The van der Waals surface area contributed by atoms with E-state index in [9.17, 15) is 4.79 Å². The van der Waals surface area contributed by atoms with Crippen LogP contribution in [0.4, 0.5) is 11.5 Å². The Morgan fingerprint density at radius 3 is 3.16 bits per heavy atom. The lowest BCUT2D eigenvalue weighted by molar-refractivity contribution is -0.116. The Balaban J connectivity index is 1.94. The quantitative estimate of drug-likeness (QED) is 0.867. The Labute approximate surface area is 118 Å². The van der Waals surface area contributed by atoms with Gasteiger partial charge in [0.2, 0.25) is 5.91 Å². The number of thioether (sulfide) groups is 1. The standard InChI is InChI=1S/C13H20N4OS/c1-17(2)13-11(4-3-5-15-13)16-12(18)8-10-9-19-7-6-14-10/h3-5,10,14H,6-9H2,1-2H3,(H,16,18). The number of carbonyl (C=O) groups excluding carboxylic acids is 1. The van der Waals surface area contributed by atoms with E-state index in [0.717, 1.165) is 29.6 Å². The molecule has 1 amide bonds. The SMILES string of the molecule is CN(C)c1ncccc1NC(=O)CC1CSCCN1. The highest BCUT2D eigenvalue weighted by molar-refractivity contribution is 7.99. The van der Waals surface area contributed by atoms with Gasteiger partial charge in [0.15, 0.2) is 5.82 Å². The average molecular weight is 280 g/mol. The topological polar surface area (TPSA) is 57.3 Å². The van der Waals surface area contributed by atoms with Crippen LogP contribution in [0.15, 0.2) is 18.3 Å². The number of anilines is 2. The van der Waals surface area contributed by atoms with Gasteiger partial charge in [-0.05, 0) is 12.1 Å². The number of hydrogen-bond acceptors (Lipinski definition) is 5. The van der Waals surface area contributed by atoms with E-state index in [-0.39, 0.29) is 11.9 Å². The summed E-state index contributed by atoms with van der Waals surface area (Å²) in [7, 11) is 3.83. The predicted octanol–water partition coefficient (Wildman–Crippen LogP) is 1.18. The molecule has 2 N–H and O–H groups in total. The van der Waals surface area contributed by atoms with E-state index in [1.54, 1.807) is 6.20 Å². The second kappa shape index (κ2) is 6.77. The molecule has 6 heteroatoms. The molecule has 0 saturated carbocycles. The van der Waals surface area contributed by atoms with Crippen molar-refractivity contribution in [1.82, 2.24) is 10.3 Å². The molecule has 2 rings (SSSR count). The van der Waals surface area contributed by atoms with Gasteiger partial charge < -0.3 is 15.5 Å². The van der Waals surface area contributed by atoms with E-state index < -0.39 is 0 Å². The molecule has 1 aliphatic heterocycles. The highest BCUT2D eigenvalue weighted by Gasteiger charge is 2.17. The Morgan fingerprint density at radius 1 is 1.63 bits per heavy atom. The maximum absolute atomic E-state index is 12.0. The van der Waals surface area contributed by atoms with Gasteiger partial charge in [-0.25, -0.2) is 4.98 Å². The molecule has 19 heavy (non-hydrogen) atoms. The van der Waals surface area contributed by atoms with Crippen molar-refractivity contribution in [3.05, 3.63) is 18.3 Å². The molecule has 2 heterocycles. The summed E-state index contributed by atoms with van der Waals surface area (Å²) in [6.45, 7) is 0.985. The first-order valence-electron chi connectivity index (χ1n) is 6.40. The van der Waals surface area contributed by atoms with Crippen LogP contribution < -0.4 is 15.5 Å². The fourth-order valence-corrected chi connectivity index (χ4v) is 2.98. The maximum atomic E-state index is 12.0. The molecule has 0 aliphatic carbocycles. The summed E-state index contributed by atoms with van der Waals surface area (Å²) in [4.78, 5) is 18.2. The van der Waals surface area contributed by atoms with Crippen molar-refractivity contribution in [2.24, 2.45) is 0 Å². The van der Waals surface area contributed by atoms with Gasteiger partial charge in [0.25, 0.3) is 0 Å². The third kappa shape index (κ3) is 4.11. The normalized spacial score (nSPS) is 18.9. The molecule has 1 atom stereocenters. The van der Waals surface area contributed by atoms with Gasteiger partial charge >= 0.3 is 0 Å². The number of pyridine rings is 1. The zero-order valence-corrected chi connectivity index (χ0v) is 12.2. The van der Waals surface area contributed by atoms with E-state index in [0.29, 0.717) is 6.42 Å². The number of nitrogens with zero attached hydrogens (tertiary/aromatic N) is 2. The number of hydrogen-bond donors (Lipinski definition) is 2. The van der Waals surface area contributed by atoms with E-state index in [1.807, 2.05) is 42.9 Å². The van der Waals surface area contributed by atoms with Crippen LogP contribution in [0.25, 0.3) is 0 Å². The third-order valence-corrected chi connectivity index (χ3v) is 4.05. The molecule has 0 spiro atoms.